The standard InChI is InChI=1S/C35H61NO4/c1-5-6-7-8-9-12-23-39-31(37)17-14-25(2)27-15-16-28-33-29(18-21-35(27,28)4)34(3)20-11-10-13-26(34)24-30(33)40-32(38)19-22-36/h25-30,33H,5-24,36H2,1-4H3/t25-,26?,27?,28?,29?,30?,33?,34?,35?/m1/s1. The number of esters is 2. The fourth-order valence-corrected chi connectivity index (χ4v) is 10.4. The lowest BCUT2D eigenvalue weighted by atomic mass is 9.44. The Hall–Kier alpha value is -1.10. The Bertz CT molecular complexity index is 830. The van der Waals surface area contributed by atoms with E-state index < -0.39 is 0 Å². The molecule has 5 heteroatoms. The average molecular weight is 560 g/mol. The van der Waals surface area contributed by atoms with Crippen LogP contribution in [0.5, 0.6) is 0 Å². The molecule has 9 atom stereocenters. The quantitative estimate of drug-likeness (QED) is 0.171. The predicted molar refractivity (Wildman–Crippen MR) is 162 cm³/mol. The molecule has 0 aromatic rings. The molecule has 4 rings (SSSR count). The van der Waals surface area contributed by atoms with Crippen LogP contribution in [0.25, 0.3) is 0 Å². The lowest BCUT2D eigenvalue weighted by Crippen LogP contribution is -2.58. The highest BCUT2D eigenvalue weighted by atomic mass is 16.5. The third kappa shape index (κ3) is 6.92. The molecule has 4 aliphatic carbocycles. The summed E-state index contributed by atoms with van der Waals surface area (Å²) in [6.45, 7) is 10.7. The Morgan fingerprint density at radius 3 is 2.40 bits per heavy atom. The van der Waals surface area contributed by atoms with Gasteiger partial charge < -0.3 is 15.2 Å². The number of carbonyl (C=O) groups excluding carboxylic acids is 2. The maximum Gasteiger partial charge on any atom is 0.307 e. The van der Waals surface area contributed by atoms with Crippen molar-refractivity contribution in [3.63, 3.8) is 0 Å². The van der Waals surface area contributed by atoms with Crippen LogP contribution in [0.2, 0.25) is 0 Å². The fourth-order valence-electron chi connectivity index (χ4n) is 10.4. The van der Waals surface area contributed by atoms with E-state index in [0.717, 1.165) is 25.7 Å². The van der Waals surface area contributed by atoms with Crippen molar-refractivity contribution in [2.45, 2.75) is 149 Å². The molecule has 0 aliphatic heterocycles. The summed E-state index contributed by atoms with van der Waals surface area (Å²) < 4.78 is 11.9. The van der Waals surface area contributed by atoms with Crippen molar-refractivity contribution >= 4 is 11.9 Å². The van der Waals surface area contributed by atoms with E-state index in [1.54, 1.807) is 0 Å². The van der Waals surface area contributed by atoms with Gasteiger partial charge in [-0.1, -0.05) is 72.6 Å². The predicted octanol–water partition coefficient (Wildman–Crippen LogP) is 8.23. The second kappa shape index (κ2) is 14.4. The summed E-state index contributed by atoms with van der Waals surface area (Å²) in [5.74, 6) is 3.44. The van der Waals surface area contributed by atoms with Gasteiger partial charge >= 0.3 is 11.9 Å². The molecular formula is C35H61NO4. The molecule has 5 nitrogen and oxygen atoms in total. The van der Waals surface area contributed by atoms with Crippen molar-refractivity contribution in [2.24, 2.45) is 52.1 Å². The lowest BCUT2D eigenvalue weighted by Gasteiger charge is -2.62. The smallest absolute Gasteiger partial charge is 0.307 e. The zero-order valence-electron chi connectivity index (χ0n) is 26.4. The first-order chi connectivity index (χ1) is 19.2. The molecule has 4 fully saturated rings. The van der Waals surface area contributed by atoms with E-state index >= 15 is 0 Å². The molecule has 0 bridgehead atoms. The lowest BCUT2D eigenvalue weighted by molar-refractivity contribution is -0.190. The van der Waals surface area contributed by atoms with E-state index in [4.69, 9.17) is 15.2 Å². The van der Waals surface area contributed by atoms with Gasteiger partial charge in [0.15, 0.2) is 0 Å². The number of unbranched alkanes of at least 4 members (excludes halogenated alkanes) is 5. The van der Waals surface area contributed by atoms with Crippen LogP contribution in [0.3, 0.4) is 0 Å². The second-order valence-electron chi connectivity index (χ2n) is 14.8. The van der Waals surface area contributed by atoms with E-state index in [2.05, 4.69) is 27.7 Å². The molecule has 0 heterocycles. The minimum Gasteiger partial charge on any atom is -0.466 e. The van der Waals surface area contributed by atoms with E-state index in [1.165, 1.54) is 77.0 Å². The molecule has 0 spiro atoms. The zero-order valence-corrected chi connectivity index (χ0v) is 26.4. The van der Waals surface area contributed by atoms with Gasteiger partial charge in [-0.05, 0) is 98.2 Å². The summed E-state index contributed by atoms with van der Waals surface area (Å²) >= 11 is 0. The number of carbonyl (C=O) groups is 2. The first kappa shape index (κ1) is 31.8. The Morgan fingerprint density at radius 2 is 1.62 bits per heavy atom. The van der Waals surface area contributed by atoms with Crippen LogP contribution >= 0.6 is 0 Å². The van der Waals surface area contributed by atoms with Crippen LogP contribution in [0.15, 0.2) is 0 Å². The first-order valence-electron chi connectivity index (χ1n) is 17.3. The van der Waals surface area contributed by atoms with Gasteiger partial charge in [0.05, 0.1) is 13.0 Å². The number of hydrogen-bond donors (Lipinski definition) is 1. The molecule has 230 valence electrons. The van der Waals surface area contributed by atoms with Crippen LogP contribution in [0.4, 0.5) is 0 Å². The number of fused-ring (bicyclic) bond motifs is 5. The summed E-state index contributed by atoms with van der Waals surface area (Å²) in [5.41, 5.74) is 6.38. The van der Waals surface area contributed by atoms with Gasteiger partial charge in [-0.15, -0.1) is 0 Å². The number of nitrogens with two attached hydrogens (primary N) is 1. The monoisotopic (exact) mass is 559 g/mol. The maximum atomic E-state index is 12.7. The van der Waals surface area contributed by atoms with Crippen molar-refractivity contribution in [3.8, 4) is 0 Å². The maximum absolute atomic E-state index is 12.7. The van der Waals surface area contributed by atoms with E-state index in [9.17, 15) is 9.59 Å². The fraction of sp³-hybridized carbons (Fsp3) is 0.943. The molecule has 0 aromatic heterocycles. The van der Waals surface area contributed by atoms with Crippen molar-refractivity contribution in [2.75, 3.05) is 13.2 Å². The third-order valence-electron chi connectivity index (χ3n) is 12.5. The molecule has 8 unspecified atom stereocenters. The summed E-state index contributed by atoms with van der Waals surface area (Å²) in [6.07, 6.45) is 20.5. The highest BCUT2D eigenvalue weighted by Gasteiger charge is 2.63. The van der Waals surface area contributed by atoms with Crippen LogP contribution in [0, 0.1) is 46.3 Å². The van der Waals surface area contributed by atoms with Gasteiger partial charge in [0, 0.05) is 18.9 Å². The second-order valence-corrected chi connectivity index (χ2v) is 14.8. The van der Waals surface area contributed by atoms with Crippen molar-refractivity contribution in [1.29, 1.82) is 0 Å². The molecule has 0 saturated heterocycles. The summed E-state index contributed by atoms with van der Waals surface area (Å²) in [5, 5.41) is 0. The average Bonchev–Trinajstić information content (AvgIpc) is 3.28. The zero-order chi connectivity index (χ0) is 28.8. The normalized spacial score (nSPS) is 37.6. The number of rotatable bonds is 14. The largest absolute Gasteiger partial charge is 0.466 e. The van der Waals surface area contributed by atoms with Crippen molar-refractivity contribution in [1.82, 2.24) is 0 Å². The topological polar surface area (TPSA) is 78.6 Å². The summed E-state index contributed by atoms with van der Waals surface area (Å²) in [7, 11) is 0. The Labute approximate surface area is 245 Å². The third-order valence-corrected chi connectivity index (χ3v) is 12.5. The van der Waals surface area contributed by atoms with Gasteiger partial charge in [0.1, 0.15) is 6.10 Å². The Kier molecular flexibility index (Phi) is 11.4. The molecule has 0 radical (unpaired) electrons. The van der Waals surface area contributed by atoms with Crippen molar-refractivity contribution in [3.05, 3.63) is 0 Å². The Balaban J connectivity index is 1.36. The first-order valence-corrected chi connectivity index (χ1v) is 17.3. The highest BCUT2D eigenvalue weighted by molar-refractivity contribution is 5.70. The van der Waals surface area contributed by atoms with E-state index in [1.807, 2.05) is 0 Å². The molecule has 0 amide bonds. The van der Waals surface area contributed by atoms with Gasteiger partial charge in [-0.2, -0.15) is 0 Å². The molecule has 2 N–H and O–H groups in total. The van der Waals surface area contributed by atoms with Gasteiger partial charge in [-0.3, -0.25) is 9.59 Å². The van der Waals surface area contributed by atoms with Crippen molar-refractivity contribution < 1.29 is 19.1 Å². The van der Waals surface area contributed by atoms with E-state index in [0.29, 0.717) is 66.9 Å². The molecule has 4 saturated carbocycles. The SMILES string of the molecule is CCCCCCCCOC(=O)CC[C@@H](C)C1CCC2C3C(OC(=O)CCN)CC4CCCCC4(C)C3CCC21C. The van der Waals surface area contributed by atoms with Gasteiger partial charge in [0.2, 0.25) is 0 Å². The highest BCUT2D eigenvalue weighted by Crippen LogP contribution is 2.68. The van der Waals surface area contributed by atoms with Gasteiger partial charge in [-0.25, -0.2) is 0 Å². The molecule has 4 aliphatic rings. The van der Waals surface area contributed by atoms with Crippen LogP contribution in [-0.4, -0.2) is 31.2 Å². The van der Waals surface area contributed by atoms with Crippen LogP contribution < -0.4 is 5.73 Å². The minimum atomic E-state index is -0.0969. The molecular weight excluding hydrogens is 498 g/mol. The van der Waals surface area contributed by atoms with E-state index in [-0.39, 0.29) is 23.5 Å². The number of hydrogen-bond acceptors (Lipinski definition) is 5. The van der Waals surface area contributed by atoms with Crippen LogP contribution in [0.1, 0.15) is 143 Å². The molecule has 40 heavy (non-hydrogen) atoms. The Morgan fingerprint density at radius 1 is 0.875 bits per heavy atom. The minimum absolute atomic E-state index is 0.0146. The number of ether oxygens (including phenoxy) is 2. The summed E-state index contributed by atoms with van der Waals surface area (Å²) in [4.78, 5) is 25.3. The van der Waals surface area contributed by atoms with Crippen LogP contribution in [-0.2, 0) is 19.1 Å². The summed E-state index contributed by atoms with van der Waals surface area (Å²) in [6, 6.07) is 0. The van der Waals surface area contributed by atoms with Gasteiger partial charge in [0.25, 0.3) is 0 Å². The molecule has 0 aromatic carbocycles.